The van der Waals surface area contributed by atoms with Crippen LogP contribution in [0.3, 0.4) is 0 Å². The van der Waals surface area contributed by atoms with Crippen LogP contribution < -0.4 is 0 Å². The van der Waals surface area contributed by atoms with E-state index in [-0.39, 0.29) is 0 Å². The third-order valence-electron chi connectivity index (χ3n) is 4.78. The minimum absolute atomic E-state index is 0.488. The lowest BCUT2D eigenvalue weighted by atomic mass is 9.87. The molecule has 1 heterocycles. The smallest absolute Gasteiger partial charge is 0.107 e. The summed E-state index contributed by atoms with van der Waals surface area (Å²) in [6.45, 7) is 2.26. The lowest BCUT2D eigenvalue weighted by Crippen LogP contribution is -2.05. The van der Waals surface area contributed by atoms with Crippen LogP contribution in [0.15, 0.2) is 66.7 Å². The number of hydrogen-bond donors (Lipinski definition) is 1. The second kappa shape index (κ2) is 6.48. The quantitative estimate of drug-likeness (QED) is 0.492. The van der Waals surface area contributed by atoms with Crippen molar-refractivity contribution in [3.05, 3.63) is 78.1 Å². The van der Waals surface area contributed by atoms with Gasteiger partial charge in [0.2, 0.25) is 0 Å². The maximum absolute atomic E-state index is 4.78. The molecule has 0 radical (unpaired) electrons. The Bertz CT molecular complexity index is 929. The minimum Gasteiger partial charge on any atom is -0.342 e. The Kier molecular flexibility index (Phi) is 4.04. The van der Waals surface area contributed by atoms with Gasteiger partial charge in [0.15, 0.2) is 0 Å². The lowest BCUT2D eigenvalue weighted by Gasteiger charge is -2.18. The van der Waals surface area contributed by atoms with E-state index in [2.05, 4.69) is 72.6 Å². The molecule has 0 saturated carbocycles. The molecule has 4 aromatic rings. The summed E-state index contributed by atoms with van der Waals surface area (Å²) in [6, 6.07) is 23.6. The lowest BCUT2D eigenvalue weighted by molar-refractivity contribution is 0.601. The Labute approximate surface area is 142 Å². The summed E-state index contributed by atoms with van der Waals surface area (Å²) >= 11 is 0. The number of benzene rings is 3. The summed E-state index contributed by atoms with van der Waals surface area (Å²) in [6.07, 6.45) is 3.30. The number of nitrogens with one attached hydrogen (secondary N) is 1. The van der Waals surface area contributed by atoms with Gasteiger partial charge in [-0.3, -0.25) is 0 Å². The summed E-state index contributed by atoms with van der Waals surface area (Å²) < 4.78 is 0. The summed E-state index contributed by atoms with van der Waals surface area (Å²) in [7, 11) is 0. The molecule has 1 unspecified atom stereocenters. The molecule has 1 N–H and O–H groups in total. The molecular weight excluding hydrogens is 292 g/mol. The first-order chi connectivity index (χ1) is 11.8. The highest BCUT2D eigenvalue weighted by Crippen LogP contribution is 2.31. The molecule has 24 heavy (non-hydrogen) atoms. The van der Waals surface area contributed by atoms with Gasteiger partial charge in [-0.2, -0.15) is 0 Å². The van der Waals surface area contributed by atoms with Gasteiger partial charge in [0.25, 0.3) is 0 Å². The molecule has 2 nitrogen and oxygen atoms in total. The van der Waals surface area contributed by atoms with Crippen LogP contribution in [0.4, 0.5) is 0 Å². The number of aromatic amines is 1. The van der Waals surface area contributed by atoms with Crippen molar-refractivity contribution in [2.24, 2.45) is 0 Å². The molecule has 0 saturated heterocycles. The Morgan fingerprint density at radius 2 is 1.71 bits per heavy atom. The molecule has 0 aliphatic carbocycles. The normalized spacial score (nSPS) is 12.7. The number of H-pyrrole nitrogens is 1. The molecule has 3 aromatic carbocycles. The number of rotatable bonds is 5. The molecule has 0 aliphatic heterocycles. The Hall–Kier alpha value is -2.61. The Morgan fingerprint density at radius 1 is 0.917 bits per heavy atom. The van der Waals surface area contributed by atoms with Crippen LogP contribution in [0.1, 0.15) is 37.1 Å². The van der Waals surface area contributed by atoms with E-state index in [1.807, 2.05) is 6.07 Å². The predicted octanol–water partition coefficient (Wildman–Crippen LogP) is 5.84. The maximum Gasteiger partial charge on any atom is 0.107 e. The van der Waals surface area contributed by atoms with E-state index in [1.165, 1.54) is 29.2 Å². The van der Waals surface area contributed by atoms with Crippen LogP contribution >= 0.6 is 0 Å². The average Bonchev–Trinajstić information content (AvgIpc) is 3.03. The average molecular weight is 314 g/mol. The van der Waals surface area contributed by atoms with E-state index < -0.39 is 0 Å². The van der Waals surface area contributed by atoms with Crippen LogP contribution in [-0.4, -0.2) is 9.97 Å². The fourth-order valence-electron chi connectivity index (χ4n) is 3.66. The van der Waals surface area contributed by atoms with E-state index in [9.17, 15) is 0 Å². The van der Waals surface area contributed by atoms with Crippen LogP contribution in [0.5, 0.6) is 0 Å². The van der Waals surface area contributed by atoms with E-state index >= 15 is 0 Å². The highest BCUT2D eigenvalue weighted by molar-refractivity contribution is 5.86. The monoisotopic (exact) mass is 314 g/mol. The Balaban J connectivity index is 1.73. The van der Waals surface area contributed by atoms with E-state index in [0.717, 1.165) is 23.3 Å². The zero-order valence-electron chi connectivity index (χ0n) is 14.0. The summed E-state index contributed by atoms with van der Waals surface area (Å²) in [5.41, 5.74) is 3.62. The van der Waals surface area contributed by atoms with Gasteiger partial charge >= 0.3 is 0 Å². The predicted molar refractivity (Wildman–Crippen MR) is 101 cm³/mol. The SMILES string of the molecule is CCCC(Cc1nc2ccccc2[nH]1)c1cccc2ccccc12. The number of nitrogens with zero attached hydrogens (tertiary/aromatic N) is 1. The summed E-state index contributed by atoms with van der Waals surface area (Å²) in [5.74, 6) is 1.57. The number of para-hydroxylation sites is 2. The first-order valence-electron chi connectivity index (χ1n) is 8.76. The van der Waals surface area contributed by atoms with Crippen molar-refractivity contribution >= 4 is 21.8 Å². The van der Waals surface area contributed by atoms with E-state index in [0.29, 0.717) is 5.92 Å². The minimum atomic E-state index is 0.488. The largest absolute Gasteiger partial charge is 0.342 e. The topological polar surface area (TPSA) is 28.7 Å². The number of aromatic nitrogens is 2. The van der Waals surface area contributed by atoms with Gasteiger partial charge in [0.1, 0.15) is 5.82 Å². The van der Waals surface area contributed by atoms with Gasteiger partial charge in [0, 0.05) is 6.42 Å². The molecule has 120 valence electrons. The molecule has 0 spiro atoms. The van der Waals surface area contributed by atoms with Gasteiger partial charge < -0.3 is 4.98 Å². The number of fused-ring (bicyclic) bond motifs is 2. The maximum atomic E-state index is 4.78. The van der Waals surface area contributed by atoms with Gasteiger partial charge in [-0.1, -0.05) is 67.9 Å². The molecule has 0 aliphatic rings. The van der Waals surface area contributed by atoms with Crippen LogP contribution in [-0.2, 0) is 6.42 Å². The molecule has 2 heteroatoms. The van der Waals surface area contributed by atoms with E-state index in [4.69, 9.17) is 4.98 Å². The van der Waals surface area contributed by atoms with Gasteiger partial charge in [-0.25, -0.2) is 4.98 Å². The third-order valence-corrected chi connectivity index (χ3v) is 4.78. The van der Waals surface area contributed by atoms with Crippen molar-refractivity contribution in [3.63, 3.8) is 0 Å². The van der Waals surface area contributed by atoms with Crippen molar-refractivity contribution < 1.29 is 0 Å². The number of imidazole rings is 1. The molecule has 1 aromatic heterocycles. The van der Waals surface area contributed by atoms with Crippen molar-refractivity contribution in [3.8, 4) is 0 Å². The molecule has 0 bridgehead atoms. The first kappa shape index (κ1) is 14.9. The fourth-order valence-corrected chi connectivity index (χ4v) is 3.66. The Morgan fingerprint density at radius 3 is 2.58 bits per heavy atom. The summed E-state index contributed by atoms with van der Waals surface area (Å²) in [4.78, 5) is 8.28. The van der Waals surface area contributed by atoms with Gasteiger partial charge in [-0.05, 0) is 40.8 Å². The van der Waals surface area contributed by atoms with Gasteiger partial charge in [-0.15, -0.1) is 0 Å². The van der Waals surface area contributed by atoms with Crippen LogP contribution in [0.2, 0.25) is 0 Å². The zero-order chi connectivity index (χ0) is 16.4. The van der Waals surface area contributed by atoms with E-state index in [1.54, 1.807) is 0 Å². The molecular formula is C22H22N2. The van der Waals surface area contributed by atoms with Crippen molar-refractivity contribution in [2.75, 3.05) is 0 Å². The number of hydrogen-bond acceptors (Lipinski definition) is 1. The summed E-state index contributed by atoms with van der Waals surface area (Å²) in [5, 5.41) is 2.69. The second-order valence-electron chi connectivity index (χ2n) is 6.46. The first-order valence-corrected chi connectivity index (χ1v) is 8.76. The van der Waals surface area contributed by atoms with Crippen LogP contribution in [0, 0.1) is 0 Å². The standard InChI is InChI=1S/C22H22N2/c1-2-8-17(15-22-23-20-13-5-6-14-21(20)24-22)19-12-7-10-16-9-3-4-11-18(16)19/h3-7,9-14,17H,2,8,15H2,1H3,(H,23,24). The fraction of sp³-hybridized carbons (Fsp3) is 0.227. The van der Waals surface area contributed by atoms with Crippen molar-refractivity contribution in [1.29, 1.82) is 0 Å². The van der Waals surface area contributed by atoms with Gasteiger partial charge in [0.05, 0.1) is 11.0 Å². The highest BCUT2D eigenvalue weighted by Gasteiger charge is 2.16. The van der Waals surface area contributed by atoms with Crippen molar-refractivity contribution in [2.45, 2.75) is 32.1 Å². The third kappa shape index (κ3) is 2.80. The molecule has 0 fully saturated rings. The highest BCUT2D eigenvalue weighted by atomic mass is 14.9. The van der Waals surface area contributed by atoms with Crippen LogP contribution in [0.25, 0.3) is 21.8 Å². The van der Waals surface area contributed by atoms with Crippen molar-refractivity contribution in [1.82, 2.24) is 9.97 Å². The molecule has 1 atom stereocenters. The molecule has 4 rings (SSSR count). The zero-order valence-corrected chi connectivity index (χ0v) is 14.0. The second-order valence-corrected chi connectivity index (χ2v) is 6.46. The molecule has 0 amide bonds.